The molecule has 1 aliphatic heterocycles. The number of amides is 1. The molecule has 0 aromatic heterocycles. The van der Waals surface area contributed by atoms with Crippen molar-refractivity contribution in [1.29, 1.82) is 0 Å². The average Bonchev–Trinajstić information content (AvgIpc) is 2.72. The highest BCUT2D eigenvalue weighted by Gasteiger charge is 2.18. The zero-order valence-corrected chi connectivity index (χ0v) is 19.1. The minimum Gasteiger partial charge on any atom is -0.481 e. The maximum Gasteiger partial charge on any atom is 0.261 e. The van der Waals surface area contributed by atoms with Gasteiger partial charge in [0.05, 0.1) is 0 Å². The number of carbonyl (C=O) groups excluding carboxylic acids is 1. The van der Waals surface area contributed by atoms with Crippen molar-refractivity contribution in [3.8, 4) is 5.75 Å². The monoisotopic (exact) mass is 408 g/mol. The normalized spacial score (nSPS) is 17.7. The van der Waals surface area contributed by atoms with E-state index in [4.69, 9.17) is 4.74 Å². The molecule has 2 aromatic carbocycles. The summed E-state index contributed by atoms with van der Waals surface area (Å²) in [6, 6.07) is 14.7. The first-order valence-corrected chi connectivity index (χ1v) is 11.2. The van der Waals surface area contributed by atoms with Gasteiger partial charge in [0, 0.05) is 25.3 Å². The summed E-state index contributed by atoms with van der Waals surface area (Å²) < 4.78 is 6.03. The van der Waals surface area contributed by atoms with E-state index >= 15 is 0 Å². The van der Waals surface area contributed by atoms with Gasteiger partial charge in [0.2, 0.25) is 0 Å². The molecular weight excluding hydrogens is 372 g/mol. The summed E-state index contributed by atoms with van der Waals surface area (Å²) in [5.74, 6) is 1.80. The second-order valence-electron chi connectivity index (χ2n) is 9.03. The standard InChI is InChI=1S/C26H36N2O2/c1-18(2)24-13-8-19(3)15-25(24)30-21(5)26(29)27-16-22-9-11-23(12-10-22)28-14-6-7-20(4)17-28/h8-13,15,18,20-21H,6-7,14,16-17H2,1-5H3,(H,27,29)/t20-,21+/m0/s1. The number of anilines is 1. The van der Waals surface area contributed by atoms with Crippen LogP contribution in [-0.4, -0.2) is 25.1 Å². The third kappa shape index (κ3) is 5.78. The number of ether oxygens (including phenoxy) is 1. The quantitative estimate of drug-likeness (QED) is 0.663. The number of rotatable bonds is 7. The van der Waals surface area contributed by atoms with Crippen molar-refractivity contribution >= 4 is 11.6 Å². The minimum absolute atomic E-state index is 0.0971. The third-order valence-electron chi connectivity index (χ3n) is 5.89. The van der Waals surface area contributed by atoms with Gasteiger partial charge >= 0.3 is 0 Å². The highest BCUT2D eigenvalue weighted by atomic mass is 16.5. The van der Waals surface area contributed by atoms with Crippen molar-refractivity contribution in [2.24, 2.45) is 5.92 Å². The number of carbonyl (C=O) groups is 1. The van der Waals surface area contributed by atoms with Crippen molar-refractivity contribution in [3.05, 3.63) is 59.2 Å². The number of hydrogen-bond donors (Lipinski definition) is 1. The molecule has 2 atom stereocenters. The van der Waals surface area contributed by atoms with E-state index in [-0.39, 0.29) is 5.91 Å². The average molecular weight is 409 g/mol. The fourth-order valence-electron chi connectivity index (χ4n) is 4.05. The fourth-order valence-corrected chi connectivity index (χ4v) is 4.05. The number of nitrogens with zero attached hydrogens (tertiary/aromatic N) is 1. The van der Waals surface area contributed by atoms with Crippen LogP contribution in [0.5, 0.6) is 5.75 Å². The van der Waals surface area contributed by atoms with Crippen LogP contribution in [0.1, 0.15) is 63.1 Å². The molecule has 1 N–H and O–H groups in total. The van der Waals surface area contributed by atoms with Crippen LogP contribution in [0.3, 0.4) is 0 Å². The molecule has 3 rings (SSSR count). The smallest absolute Gasteiger partial charge is 0.261 e. The van der Waals surface area contributed by atoms with E-state index in [9.17, 15) is 4.79 Å². The van der Waals surface area contributed by atoms with E-state index in [2.05, 4.69) is 67.4 Å². The molecule has 1 heterocycles. The van der Waals surface area contributed by atoms with Gasteiger partial charge in [-0.2, -0.15) is 0 Å². The summed E-state index contributed by atoms with van der Waals surface area (Å²) in [6.45, 7) is 13.2. The lowest BCUT2D eigenvalue weighted by Gasteiger charge is -2.32. The Morgan fingerprint density at radius 1 is 1.17 bits per heavy atom. The van der Waals surface area contributed by atoms with Gasteiger partial charge in [0.15, 0.2) is 6.10 Å². The summed E-state index contributed by atoms with van der Waals surface area (Å²) >= 11 is 0. The Morgan fingerprint density at radius 3 is 2.57 bits per heavy atom. The lowest BCUT2D eigenvalue weighted by Crippen LogP contribution is -2.36. The molecule has 0 radical (unpaired) electrons. The van der Waals surface area contributed by atoms with E-state index in [1.807, 2.05) is 19.9 Å². The molecule has 1 amide bonds. The summed E-state index contributed by atoms with van der Waals surface area (Å²) in [7, 11) is 0. The Hall–Kier alpha value is -2.49. The van der Waals surface area contributed by atoms with Crippen LogP contribution in [-0.2, 0) is 11.3 Å². The van der Waals surface area contributed by atoms with Crippen LogP contribution >= 0.6 is 0 Å². The maximum atomic E-state index is 12.6. The third-order valence-corrected chi connectivity index (χ3v) is 5.89. The van der Waals surface area contributed by atoms with Gasteiger partial charge < -0.3 is 15.0 Å². The van der Waals surface area contributed by atoms with Crippen LogP contribution in [0, 0.1) is 12.8 Å². The second-order valence-corrected chi connectivity index (χ2v) is 9.03. The fraction of sp³-hybridized carbons (Fsp3) is 0.500. The molecule has 0 unspecified atom stereocenters. The first kappa shape index (κ1) is 22.2. The molecule has 0 aliphatic carbocycles. The van der Waals surface area contributed by atoms with Gasteiger partial charge in [-0.25, -0.2) is 0 Å². The Bertz CT molecular complexity index is 845. The van der Waals surface area contributed by atoms with E-state index < -0.39 is 6.10 Å². The molecule has 0 spiro atoms. The SMILES string of the molecule is Cc1ccc(C(C)C)c(O[C@H](C)C(=O)NCc2ccc(N3CCC[C@H](C)C3)cc2)c1. The van der Waals surface area contributed by atoms with Crippen molar-refractivity contribution < 1.29 is 9.53 Å². The minimum atomic E-state index is -0.543. The Labute approximate surface area is 181 Å². The molecule has 162 valence electrons. The van der Waals surface area contributed by atoms with Crippen molar-refractivity contribution in [2.75, 3.05) is 18.0 Å². The van der Waals surface area contributed by atoms with E-state index in [0.29, 0.717) is 12.5 Å². The first-order chi connectivity index (χ1) is 14.3. The Morgan fingerprint density at radius 2 is 1.90 bits per heavy atom. The lowest BCUT2D eigenvalue weighted by molar-refractivity contribution is -0.127. The summed E-state index contributed by atoms with van der Waals surface area (Å²) in [4.78, 5) is 15.1. The van der Waals surface area contributed by atoms with Crippen molar-refractivity contribution in [3.63, 3.8) is 0 Å². The van der Waals surface area contributed by atoms with E-state index in [1.165, 1.54) is 18.5 Å². The topological polar surface area (TPSA) is 41.6 Å². The highest BCUT2D eigenvalue weighted by Crippen LogP contribution is 2.28. The number of benzene rings is 2. The summed E-state index contributed by atoms with van der Waals surface area (Å²) in [6.07, 6.45) is 2.04. The second kappa shape index (κ2) is 10.0. The van der Waals surface area contributed by atoms with Crippen LogP contribution in [0.2, 0.25) is 0 Å². The molecule has 0 bridgehead atoms. The summed E-state index contributed by atoms with van der Waals surface area (Å²) in [5.41, 5.74) is 4.63. The summed E-state index contributed by atoms with van der Waals surface area (Å²) in [5, 5.41) is 3.01. The first-order valence-electron chi connectivity index (χ1n) is 11.2. The maximum absolute atomic E-state index is 12.6. The molecule has 2 aromatic rings. The van der Waals surface area contributed by atoms with Gasteiger partial charge in [-0.3, -0.25) is 4.79 Å². The van der Waals surface area contributed by atoms with Crippen LogP contribution < -0.4 is 15.0 Å². The molecule has 30 heavy (non-hydrogen) atoms. The number of hydrogen-bond acceptors (Lipinski definition) is 3. The van der Waals surface area contributed by atoms with Crippen LogP contribution in [0.15, 0.2) is 42.5 Å². The number of aryl methyl sites for hydroxylation is 1. The lowest BCUT2D eigenvalue weighted by atomic mass is 9.99. The van der Waals surface area contributed by atoms with Crippen molar-refractivity contribution in [2.45, 2.75) is 66.0 Å². The van der Waals surface area contributed by atoms with Gasteiger partial charge in [-0.15, -0.1) is 0 Å². The molecule has 1 fully saturated rings. The van der Waals surface area contributed by atoms with Crippen molar-refractivity contribution in [1.82, 2.24) is 5.32 Å². The number of nitrogens with one attached hydrogen (secondary N) is 1. The molecule has 4 nitrogen and oxygen atoms in total. The molecule has 0 saturated carbocycles. The zero-order valence-electron chi connectivity index (χ0n) is 19.1. The van der Waals surface area contributed by atoms with Crippen LogP contribution in [0.4, 0.5) is 5.69 Å². The van der Waals surface area contributed by atoms with E-state index in [0.717, 1.165) is 41.4 Å². The molecule has 1 saturated heterocycles. The predicted molar refractivity (Wildman–Crippen MR) is 124 cm³/mol. The van der Waals surface area contributed by atoms with Gasteiger partial charge in [-0.1, -0.05) is 45.0 Å². The Balaban J connectivity index is 1.54. The number of piperidine rings is 1. The van der Waals surface area contributed by atoms with E-state index in [1.54, 1.807) is 0 Å². The molecule has 1 aliphatic rings. The van der Waals surface area contributed by atoms with Crippen LogP contribution in [0.25, 0.3) is 0 Å². The van der Waals surface area contributed by atoms with Gasteiger partial charge in [-0.05, 0) is 73.4 Å². The van der Waals surface area contributed by atoms with Gasteiger partial charge in [0.25, 0.3) is 5.91 Å². The predicted octanol–water partition coefficient (Wildman–Crippen LogP) is 5.44. The Kier molecular flexibility index (Phi) is 7.41. The highest BCUT2D eigenvalue weighted by molar-refractivity contribution is 5.80. The zero-order chi connectivity index (χ0) is 21.7. The molecular formula is C26H36N2O2. The largest absolute Gasteiger partial charge is 0.481 e. The van der Waals surface area contributed by atoms with Gasteiger partial charge in [0.1, 0.15) is 5.75 Å². The molecule has 4 heteroatoms.